The van der Waals surface area contributed by atoms with Crippen LogP contribution in [0.15, 0.2) is 54.0 Å². The molecule has 180 valence electrons. The van der Waals surface area contributed by atoms with E-state index in [2.05, 4.69) is 15.6 Å². The SMILES string of the molecule is CC(C)(C)OC(=O)Nc1ccc(-c2cccs2)cc1NC(=O)c1ccc(OC[C@H](O)CO)cn1. The average molecular weight is 486 g/mol. The van der Waals surface area contributed by atoms with E-state index < -0.39 is 30.3 Å². The Labute approximate surface area is 201 Å². The highest BCUT2D eigenvalue weighted by Gasteiger charge is 2.19. The highest BCUT2D eigenvalue weighted by molar-refractivity contribution is 7.13. The molecule has 0 aliphatic rings. The van der Waals surface area contributed by atoms with E-state index in [0.29, 0.717) is 17.1 Å². The van der Waals surface area contributed by atoms with Crippen LogP contribution in [0, 0.1) is 0 Å². The van der Waals surface area contributed by atoms with Crippen molar-refractivity contribution in [2.75, 3.05) is 23.8 Å². The van der Waals surface area contributed by atoms with Gasteiger partial charge in [0.15, 0.2) is 0 Å². The quantitative estimate of drug-likeness (QED) is 0.377. The van der Waals surface area contributed by atoms with Gasteiger partial charge in [-0.1, -0.05) is 12.1 Å². The summed E-state index contributed by atoms with van der Waals surface area (Å²) in [7, 11) is 0. The van der Waals surface area contributed by atoms with Crippen LogP contribution in [-0.4, -0.2) is 52.1 Å². The van der Waals surface area contributed by atoms with Gasteiger partial charge < -0.3 is 25.0 Å². The number of aliphatic hydroxyl groups is 2. The lowest BCUT2D eigenvalue weighted by Crippen LogP contribution is -2.27. The number of hydrogen-bond donors (Lipinski definition) is 4. The smallest absolute Gasteiger partial charge is 0.412 e. The molecule has 0 spiro atoms. The Balaban J connectivity index is 1.79. The Bertz CT molecular complexity index is 1110. The number of hydrogen-bond acceptors (Lipinski definition) is 8. The van der Waals surface area contributed by atoms with Crippen molar-refractivity contribution in [1.29, 1.82) is 0 Å². The van der Waals surface area contributed by atoms with Crippen molar-refractivity contribution >= 4 is 34.7 Å². The maximum atomic E-state index is 12.9. The third-order valence-corrected chi connectivity index (χ3v) is 5.25. The molecule has 0 saturated carbocycles. The minimum absolute atomic E-state index is 0.0983. The topological polar surface area (TPSA) is 130 Å². The zero-order valence-corrected chi connectivity index (χ0v) is 19.9. The van der Waals surface area contributed by atoms with Crippen LogP contribution in [0.2, 0.25) is 0 Å². The number of aliphatic hydroxyl groups excluding tert-OH is 2. The predicted octanol–water partition coefficient (Wildman–Crippen LogP) is 4.14. The molecule has 34 heavy (non-hydrogen) atoms. The Kier molecular flexibility index (Phi) is 8.21. The van der Waals surface area contributed by atoms with E-state index in [1.54, 1.807) is 44.2 Å². The number of carbonyl (C=O) groups is 2. The molecule has 3 rings (SSSR count). The summed E-state index contributed by atoms with van der Waals surface area (Å²) < 4.78 is 10.6. The number of nitrogens with one attached hydrogen (secondary N) is 2. The largest absolute Gasteiger partial charge is 0.489 e. The average Bonchev–Trinajstić information content (AvgIpc) is 3.32. The van der Waals surface area contributed by atoms with Crippen LogP contribution in [0.3, 0.4) is 0 Å². The Morgan fingerprint density at radius 3 is 2.53 bits per heavy atom. The van der Waals surface area contributed by atoms with E-state index in [1.165, 1.54) is 18.3 Å². The van der Waals surface area contributed by atoms with E-state index in [1.807, 2.05) is 23.6 Å². The van der Waals surface area contributed by atoms with Gasteiger partial charge in [0.2, 0.25) is 0 Å². The van der Waals surface area contributed by atoms with Gasteiger partial charge in [-0.05, 0) is 62.0 Å². The molecule has 2 amide bonds. The van der Waals surface area contributed by atoms with Crippen molar-refractivity contribution < 1.29 is 29.3 Å². The number of aromatic nitrogens is 1. The molecule has 3 aromatic rings. The maximum Gasteiger partial charge on any atom is 0.412 e. The van der Waals surface area contributed by atoms with Gasteiger partial charge in [0.05, 0.1) is 24.2 Å². The number of thiophene rings is 1. The number of nitrogens with zero attached hydrogens (tertiary/aromatic N) is 1. The van der Waals surface area contributed by atoms with Crippen LogP contribution in [-0.2, 0) is 4.74 Å². The van der Waals surface area contributed by atoms with Crippen LogP contribution >= 0.6 is 11.3 Å². The monoisotopic (exact) mass is 485 g/mol. The van der Waals surface area contributed by atoms with E-state index in [9.17, 15) is 14.7 Å². The summed E-state index contributed by atoms with van der Waals surface area (Å²) in [5.41, 5.74) is 1.08. The molecule has 0 fully saturated rings. The molecule has 1 atom stereocenters. The Morgan fingerprint density at radius 2 is 1.91 bits per heavy atom. The molecule has 10 heteroatoms. The van der Waals surface area contributed by atoms with Gasteiger partial charge in [0.25, 0.3) is 5.91 Å². The van der Waals surface area contributed by atoms with Gasteiger partial charge in [-0.2, -0.15) is 0 Å². The predicted molar refractivity (Wildman–Crippen MR) is 130 cm³/mol. The minimum atomic E-state index is -1.01. The molecule has 1 aromatic carbocycles. The summed E-state index contributed by atoms with van der Waals surface area (Å²) in [5, 5.41) is 25.6. The maximum absolute atomic E-state index is 12.9. The summed E-state index contributed by atoms with van der Waals surface area (Å²) in [6, 6.07) is 12.2. The molecule has 4 N–H and O–H groups in total. The molecule has 0 saturated heterocycles. The van der Waals surface area contributed by atoms with Crippen LogP contribution < -0.4 is 15.4 Å². The van der Waals surface area contributed by atoms with Gasteiger partial charge in [0.1, 0.15) is 29.8 Å². The molecule has 0 aliphatic heterocycles. The molecule has 0 bridgehead atoms. The van der Waals surface area contributed by atoms with Gasteiger partial charge in [0, 0.05) is 4.88 Å². The van der Waals surface area contributed by atoms with Crippen molar-refractivity contribution in [3.63, 3.8) is 0 Å². The van der Waals surface area contributed by atoms with Crippen LogP contribution in [0.25, 0.3) is 10.4 Å². The highest BCUT2D eigenvalue weighted by atomic mass is 32.1. The second-order valence-electron chi connectivity index (χ2n) is 8.35. The molecule has 0 unspecified atom stereocenters. The number of ether oxygens (including phenoxy) is 2. The number of pyridine rings is 1. The first-order valence-corrected chi connectivity index (χ1v) is 11.4. The molecule has 9 nitrogen and oxygen atoms in total. The lowest BCUT2D eigenvalue weighted by Gasteiger charge is -2.21. The van der Waals surface area contributed by atoms with E-state index >= 15 is 0 Å². The molecule has 2 heterocycles. The first-order chi connectivity index (χ1) is 16.1. The number of carbonyl (C=O) groups excluding carboxylic acids is 2. The van der Waals surface area contributed by atoms with Crippen molar-refractivity contribution in [3.8, 4) is 16.2 Å². The zero-order chi connectivity index (χ0) is 24.7. The third kappa shape index (κ3) is 7.27. The van der Waals surface area contributed by atoms with Gasteiger partial charge in [-0.3, -0.25) is 10.1 Å². The first kappa shape index (κ1) is 25.2. The van der Waals surface area contributed by atoms with E-state index in [4.69, 9.17) is 14.6 Å². The molecular formula is C24H27N3O6S. The first-order valence-electron chi connectivity index (χ1n) is 10.5. The van der Waals surface area contributed by atoms with Crippen molar-refractivity contribution in [2.45, 2.75) is 32.5 Å². The van der Waals surface area contributed by atoms with Crippen LogP contribution in [0.4, 0.5) is 16.2 Å². The van der Waals surface area contributed by atoms with Gasteiger partial charge in [-0.25, -0.2) is 9.78 Å². The Hall–Kier alpha value is -3.47. The van der Waals surface area contributed by atoms with Crippen LogP contribution in [0.1, 0.15) is 31.3 Å². The van der Waals surface area contributed by atoms with E-state index in [-0.39, 0.29) is 12.3 Å². The molecule has 0 radical (unpaired) electrons. The van der Waals surface area contributed by atoms with Gasteiger partial charge >= 0.3 is 6.09 Å². The fraction of sp³-hybridized carbons (Fsp3) is 0.292. The number of benzene rings is 1. The summed E-state index contributed by atoms with van der Waals surface area (Å²) in [4.78, 5) is 30.3. The fourth-order valence-corrected chi connectivity index (χ4v) is 3.52. The standard InChI is InChI=1S/C24H27N3O6S/c1-24(2,3)33-23(31)27-18-8-6-15(21-5-4-10-34-21)11-20(18)26-22(30)19-9-7-17(12-25-19)32-14-16(29)13-28/h4-12,16,28-29H,13-14H2,1-3H3,(H,26,30)(H,27,31)/t16-/m1/s1. The second kappa shape index (κ2) is 11.1. The normalized spacial score (nSPS) is 12.0. The molecule has 2 aromatic heterocycles. The summed E-state index contributed by atoms with van der Waals surface area (Å²) in [6.45, 7) is 4.77. The van der Waals surface area contributed by atoms with Crippen molar-refractivity contribution in [3.05, 3.63) is 59.7 Å². The lowest BCUT2D eigenvalue weighted by molar-refractivity contribution is 0.0535. The molecular weight excluding hydrogens is 458 g/mol. The summed E-state index contributed by atoms with van der Waals surface area (Å²) in [5.74, 6) is -0.145. The Morgan fingerprint density at radius 1 is 1.12 bits per heavy atom. The van der Waals surface area contributed by atoms with Gasteiger partial charge in [-0.15, -0.1) is 11.3 Å². The second-order valence-corrected chi connectivity index (χ2v) is 9.29. The number of anilines is 2. The van der Waals surface area contributed by atoms with Crippen LogP contribution in [0.5, 0.6) is 5.75 Å². The summed E-state index contributed by atoms with van der Waals surface area (Å²) in [6.07, 6.45) is -0.299. The fourth-order valence-electron chi connectivity index (χ4n) is 2.80. The zero-order valence-electron chi connectivity index (χ0n) is 19.1. The third-order valence-electron chi connectivity index (χ3n) is 4.33. The molecule has 0 aliphatic carbocycles. The number of rotatable bonds is 8. The van der Waals surface area contributed by atoms with E-state index in [0.717, 1.165) is 10.4 Å². The lowest BCUT2D eigenvalue weighted by atomic mass is 10.1. The highest BCUT2D eigenvalue weighted by Crippen LogP contribution is 2.32. The summed E-state index contributed by atoms with van der Waals surface area (Å²) >= 11 is 1.55. The number of amides is 2. The minimum Gasteiger partial charge on any atom is -0.489 e. The van der Waals surface area contributed by atoms with Crippen molar-refractivity contribution in [2.24, 2.45) is 0 Å². The van der Waals surface area contributed by atoms with Crippen molar-refractivity contribution in [1.82, 2.24) is 4.98 Å².